The van der Waals surface area contributed by atoms with Crippen LogP contribution in [0.3, 0.4) is 0 Å². The number of nitrogens with one attached hydrogen (secondary N) is 1. The van der Waals surface area contributed by atoms with Crippen molar-refractivity contribution < 1.29 is 34.1 Å². The lowest BCUT2D eigenvalue weighted by atomic mass is 10.0. The Hall–Kier alpha value is -3.79. The van der Waals surface area contributed by atoms with E-state index in [1.165, 1.54) is 49.8 Å². The highest BCUT2D eigenvalue weighted by Crippen LogP contribution is 2.41. The van der Waals surface area contributed by atoms with Crippen LogP contribution in [0.15, 0.2) is 43.0 Å². The molecule has 184 valence electrons. The first-order valence-electron chi connectivity index (χ1n) is 10.1. The summed E-state index contributed by atoms with van der Waals surface area (Å²) in [7, 11) is 2.85. The van der Waals surface area contributed by atoms with Crippen LogP contribution in [-0.4, -0.2) is 42.3 Å². The summed E-state index contributed by atoms with van der Waals surface area (Å²) in [6.07, 6.45) is 0. The van der Waals surface area contributed by atoms with E-state index in [1.807, 2.05) is 0 Å². The molecule has 0 aliphatic rings. The Morgan fingerprint density at radius 3 is 2.08 bits per heavy atom. The van der Waals surface area contributed by atoms with Crippen molar-refractivity contribution >= 4 is 83.8 Å². The molecule has 0 bridgehead atoms. The molecule has 0 saturated carbocycles. The molecule has 3 N–H and O–H groups in total. The third kappa shape index (κ3) is 4.32. The van der Waals surface area contributed by atoms with Gasteiger partial charge in [-0.3, -0.25) is 4.79 Å². The molecule has 4 aromatic rings. The molecule has 0 aliphatic carbocycles. The molecule has 0 spiro atoms. The van der Waals surface area contributed by atoms with E-state index in [4.69, 9.17) is 32.7 Å². The maximum atomic E-state index is 13.1. The van der Waals surface area contributed by atoms with Crippen LogP contribution in [0.25, 0.3) is 25.7 Å². The zero-order chi connectivity index (χ0) is 26.3. The molecular weight excluding hydrogens is 529 g/mol. The fraction of sp³-hybridized carbons (Fsp3) is 0.0800. The van der Waals surface area contributed by atoms with E-state index in [2.05, 4.69) is 11.9 Å². The highest BCUT2D eigenvalue weighted by molar-refractivity contribution is 7.25. The summed E-state index contributed by atoms with van der Waals surface area (Å²) in [4.78, 5) is 36.6. The fourth-order valence-electron chi connectivity index (χ4n) is 3.73. The number of anilines is 1. The molecule has 1 aromatic heterocycles. The minimum atomic E-state index is -1.28. The van der Waals surface area contributed by atoms with Crippen molar-refractivity contribution in [1.29, 1.82) is 0 Å². The van der Waals surface area contributed by atoms with Crippen LogP contribution >= 0.6 is 34.5 Å². The number of benzene rings is 3. The molecule has 0 atom stereocenters. The van der Waals surface area contributed by atoms with E-state index < -0.39 is 17.8 Å². The number of amides is 1. The molecule has 3 aromatic carbocycles. The lowest BCUT2D eigenvalue weighted by Gasteiger charge is -2.15. The quantitative estimate of drug-likeness (QED) is 0.229. The lowest BCUT2D eigenvalue weighted by molar-refractivity contribution is -0.111. The largest absolute Gasteiger partial charge is 0.493 e. The van der Waals surface area contributed by atoms with Crippen LogP contribution in [0.4, 0.5) is 5.69 Å². The van der Waals surface area contributed by atoms with Crippen molar-refractivity contribution in [2.75, 3.05) is 19.5 Å². The smallest absolute Gasteiger partial charge is 0.337 e. The van der Waals surface area contributed by atoms with E-state index in [-0.39, 0.29) is 43.7 Å². The summed E-state index contributed by atoms with van der Waals surface area (Å²) in [5, 5.41) is 23.1. The molecule has 8 nitrogen and oxygen atoms in total. The molecule has 11 heteroatoms. The predicted octanol–water partition coefficient (Wildman–Crippen LogP) is 6.43. The van der Waals surface area contributed by atoms with Crippen LogP contribution in [0.1, 0.15) is 26.3 Å². The Kier molecular flexibility index (Phi) is 6.81. The average molecular weight is 546 g/mol. The zero-order valence-corrected chi connectivity index (χ0v) is 21.1. The second kappa shape index (κ2) is 9.69. The van der Waals surface area contributed by atoms with Crippen molar-refractivity contribution in [1.82, 2.24) is 0 Å². The number of carboxylic acids is 2. The first-order chi connectivity index (χ1) is 17.1. The molecule has 0 aliphatic heterocycles. The third-order valence-corrected chi connectivity index (χ3v) is 7.30. The van der Waals surface area contributed by atoms with Crippen molar-refractivity contribution in [3.05, 3.63) is 69.7 Å². The van der Waals surface area contributed by atoms with Crippen LogP contribution in [0.5, 0.6) is 11.5 Å². The Labute approximate surface area is 218 Å². The van der Waals surface area contributed by atoms with Gasteiger partial charge in [0.2, 0.25) is 0 Å². The summed E-state index contributed by atoms with van der Waals surface area (Å²) in [5.41, 5.74) is 0.0118. The lowest BCUT2D eigenvalue weighted by Crippen LogP contribution is -2.16. The summed E-state index contributed by atoms with van der Waals surface area (Å²) in [6.45, 7) is 3.81. The van der Waals surface area contributed by atoms with Gasteiger partial charge < -0.3 is 25.0 Å². The first-order valence-corrected chi connectivity index (χ1v) is 11.7. The number of thiophene rings is 1. The number of hydrogen-bond acceptors (Lipinski definition) is 6. The second-order valence-corrected chi connectivity index (χ2v) is 9.40. The van der Waals surface area contributed by atoms with Gasteiger partial charge in [0.15, 0.2) is 11.5 Å². The van der Waals surface area contributed by atoms with Gasteiger partial charge >= 0.3 is 11.9 Å². The van der Waals surface area contributed by atoms with Gasteiger partial charge in [-0.05, 0) is 36.4 Å². The molecule has 0 unspecified atom stereocenters. The first kappa shape index (κ1) is 25.3. The number of carbonyl (C=O) groups is 3. The van der Waals surface area contributed by atoms with Gasteiger partial charge in [-0.1, -0.05) is 29.8 Å². The molecular formula is C25H17Cl2NO7S. The number of carbonyl (C=O) groups excluding carboxylic acids is 1. The Morgan fingerprint density at radius 2 is 1.50 bits per heavy atom. The highest BCUT2D eigenvalue weighted by atomic mass is 35.5. The summed E-state index contributed by atoms with van der Waals surface area (Å²) >= 11 is 13.8. The topological polar surface area (TPSA) is 122 Å². The normalized spacial score (nSPS) is 10.9. The van der Waals surface area contributed by atoms with E-state index in [1.54, 1.807) is 12.1 Å². The SMILES string of the molecule is C=C(C(=O)Nc1cc2sc3cc(Cl)c(C(=O)O)cc3c2cc1C(=O)O)c1ccc(OC)c(OC)c1Cl. The number of hydrogen-bond donors (Lipinski definition) is 3. The summed E-state index contributed by atoms with van der Waals surface area (Å²) < 4.78 is 11.8. The number of carboxylic acid groups (broad SMARTS) is 2. The van der Waals surface area contributed by atoms with E-state index in [9.17, 15) is 24.6 Å². The van der Waals surface area contributed by atoms with Crippen LogP contribution < -0.4 is 14.8 Å². The molecule has 4 rings (SSSR count). The number of fused-ring (bicyclic) bond motifs is 3. The third-order valence-electron chi connectivity index (χ3n) is 5.49. The molecule has 36 heavy (non-hydrogen) atoms. The van der Waals surface area contributed by atoms with E-state index in [0.29, 0.717) is 25.9 Å². The molecule has 0 saturated heterocycles. The Bertz CT molecular complexity index is 1610. The summed E-state index contributed by atoms with van der Waals surface area (Å²) in [5.74, 6) is -2.56. The number of methoxy groups -OCH3 is 2. The molecule has 0 radical (unpaired) electrons. The van der Waals surface area contributed by atoms with Crippen LogP contribution in [-0.2, 0) is 4.79 Å². The van der Waals surface area contributed by atoms with Gasteiger partial charge in [-0.25, -0.2) is 9.59 Å². The summed E-state index contributed by atoms with van der Waals surface area (Å²) in [6, 6.07) is 8.94. The van der Waals surface area contributed by atoms with E-state index >= 15 is 0 Å². The molecule has 1 amide bonds. The van der Waals surface area contributed by atoms with Crippen LogP contribution in [0.2, 0.25) is 10.0 Å². The number of rotatable bonds is 7. The predicted molar refractivity (Wildman–Crippen MR) is 140 cm³/mol. The van der Waals surface area contributed by atoms with E-state index in [0.717, 1.165) is 0 Å². The van der Waals surface area contributed by atoms with Crippen molar-refractivity contribution in [3.8, 4) is 11.5 Å². The molecule has 1 heterocycles. The Morgan fingerprint density at radius 1 is 0.889 bits per heavy atom. The number of halogens is 2. The van der Waals surface area contributed by atoms with Gasteiger partial charge in [0, 0.05) is 31.3 Å². The fourth-order valence-corrected chi connectivity index (χ4v) is 5.53. The Balaban J connectivity index is 1.77. The van der Waals surface area contributed by atoms with Gasteiger partial charge in [-0.15, -0.1) is 11.3 Å². The monoisotopic (exact) mass is 545 g/mol. The number of ether oxygens (including phenoxy) is 2. The standard InChI is InChI=1S/C25H17Cl2NO7S/c1-10(11-4-5-18(34-2)22(35-3)21(11)27)23(29)28-17-9-20-13(7-15(17)25(32)33)12-6-14(24(30)31)16(26)8-19(12)36-20/h4-9H,1H2,2-3H3,(H,28,29)(H,30,31)(H,32,33). The van der Waals surface area contributed by atoms with Gasteiger partial charge in [0.05, 0.1) is 41.1 Å². The maximum Gasteiger partial charge on any atom is 0.337 e. The minimum Gasteiger partial charge on any atom is -0.493 e. The van der Waals surface area contributed by atoms with Crippen molar-refractivity contribution in [3.63, 3.8) is 0 Å². The van der Waals surface area contributed by atoms with Crippen molar-refractivity contribution in [2.45, 2.75) is 0 Å². The van der Waals surface area contributed by atoms with Gasteiger partial charge in [0.25, 0.3) is 5.91 Å². The van der Waals surface area contributed by atoms with Crippen LogP contribution in [0, 0.1) is 0 Å². The van der Waals surface area contributed by atoms with Gasteiger partial charge in [-0.2, -0.15) is 0 Å². The van der Waals surface area contributed by atoms with Gasteiger partial charge in [0.1, 0.15) is 0 Å². The highest BCUT2D eigenvalue weighted by Gasteiger charge is 2.22. The number of aromatic carboxylic acids is 2. The zero-order valence-electron chi connectivity index (χ0n) is 18.8. The average Bonchev–Trinajstić information content (AvgIpc) is 3.17. The molecule has 0 fully saturated rings. The second-order valence-electron chi connectivity index (χ2n) is 7.53. The van der Waals surface area contributed by atoms with Crippen molar-refractivity contribution in [2.24, 2.45) is 0 Å². The maximum absolute atomic E-state index is 13.1. The minimum absolute atomic E-state index is 0.0217.